The van der Waals surface area contributed by atoms with Gasteiger partial charge in [0.1, 0.15) is 0 Å². The molecule has 21 heavy (non-hydrogen) atoms. The van der Waals surface area contributed by atoms with E-state index in [1.165, 1.54) is 38.2 Å². The first kappa shape index (κ1) is 18.1. The summed E-state index contributed by atoms with van der Waals surface area (Å²) in [4.78, 5) is 0. The topological polar surface area (TPSA) is 12.0 Å². The fraction of sp³-hybridized carbons (Fsp3) is 0.667. The van der Waals surface area contributed by atoms with Crippen LogP contribution in [-0.2, 0) is 6.42 Å². The van der Waals surface area contributed by atoms with Crippen LogP contribution in [-0.4, -0.2) is 12.6 Å². The highest BCUT2D eigenvalue weighted by Gasteiger charge is 2.13. The molecule has 0 bridgehead atoms. The molecule has 1 aromatic carbocycles. The van der Waals surface area contributed by atoms with Gasteiger partial charge < -0.3 is 5.32 Å². The highest BCUT2D eigenvalue weighted by Crippen LogP contribution is 2.16. The fourth-order valence-corrected chi connectivity index (χ4v) is 2.71. The van der Waals surface area contributed by atoms with E-state index in [0.717, 1.165) is 19.4 Å². The van der Waals surface area contributed by atoms with Gasteiger partial charge in [0.2, 0.25) is 0 Å². The lowest BCUT2D eigenvalue weighted by molar-refractivity contribution is 0.443. The van der Waals surface area contributed by atoms with Gasteiger partial charge in [0.05, 0.1) is 0 Å². The zero-order chi connectivity index (χ0) is 15.5. The molecule has 1 nitrogen and oxygen atoms in total. The Morgan fingerprint density at radius 2 is 1.71 bits per heavy atom. The van der Waals surface area contributed by atoms with Crippen LogP contribution >= 0.6 is 0 Å². The molecule has 0 heterocycles. The molecule has 0 saturated carbocycles. The van der Waals surface area contributed by atoms with Gasteiger partial charge in [-0.2, -0.15) is 0 Å². The maximum Gasteiger partial charge on any atom is 0.162 e. The molecule has 1 N–H and O–H groups in total. The Hall–Kier alpha value is -0.960. The van der Waals surface area contributed by atoms with Crippen molar-refractivity contribution < 1.29 is 8.78 Å². The molecular formula is C18H29F2N. The average Bonchev–Trinajstić information content (AvgIpc) is 2.47. The molecule has 0 aromatic heterocycles. The highest BCUT2D eigenvalue weighted by atomic mass is 19.2. The predicted octanol–water partition coefficient (Wildman–Crippen LogP) is 5.24. The van der Waals surface area contributed by atoms with Gasteiger partial charge in [0.25, 0.3) is 0 Å². The molecule has 0 aliphatic rings. The van der Waals surface area contributed by atoms with Crippen molar-refractivity contribution in [3.63, 3.8) is 0 Å². The first-order chi connectivity index (χ1) is 10.2. The number of hydrogen-bond acceptors (Lipinski definition) is 1. The monoisotopic (exact) mass is 297 g/mol. The Morgan fingerprint density at radius 3 is 2.43 bits per heavy atom. The van der Waals surface area contributed by atoms with E-state index >= 15 is 0 Å². The SMILES string of the molecule is CCCCCCCCC(Cc1cccc(F)c1F)NCC. The molecule has 0 saturated heterocycles. The molecule has 120 valence electrons. The number of nitrogens with one attached hydrogen (secondary N) is 1. The van der Waals surface area contributed by atoms with E-state index in [4.69, 9.17) is 0 Å². The lowest BCUT2D eigenvalue weighted by Crippen LogP contribution is -2.31. The second-order valence-corrected chi connectivity index (χ2v) is 5.73. The Morgan fingerprint density at radius 1 is 1.00 bits per heavy atom. The van der Waals surface area contributed by atoms with Crippen molar-refractivity contribution in [3.8, 4) is 0 Å². The fourth-order valence-electron chi connectivity index (χ4n) is 2.71. The standard InChI is InChI=1S/C18H29F2N/c1-3-5-6-7-8-9-12-16(21-4-2)14-15-11-10-13-17(19)18(15)20/h10-11,13,16,21H,3-9,12,14H2,1-2H3. The molecular weight excluding hydrogens is 268 g/mol. The van der Waals surface area contributed by atoms with E-state index in [0.29, 0.717) is 12.0 Å². The van der Waals surface area contributed by atoms with Crippen LogP contribution in [0.4, 0.5) is 8.78 Å². The molecule has 0 aliphatic heterocycles. The van der Waals surface area contributed by atoms with E-state index in [9.17, 15) is 8.78 Å². The summed E-state index contributed by atoms with van der Waals surface area (Å²) in [6, 6.07) is 4.68. The summed E-state index contributed by atoms with van der Waals surface area (Å²) in [6.07, 6.45) is 9.13. The van der Waals surface area contributed by atoms with Gasteiger partial charge in [0.15, 0.2) is 11.6 Å². The van der Waals surface area contributed by atoms with E-state index in [2.05, 4.69) is 19.2 Å². The average molecular weight is 297 g/mol. The number of unbranched alkanes of at least 4 members (excludes halogenated alkanes) is 5. The van der Waals surface area contributed by atoms with Crippen LogP contribution < -0.4 is 5.32 Å². The summed E-state index contributed by atoms with van der Waals surface area (Å²) in [6.45, 7) is 5.13. The third kappa shape index (κ3) is 7.03. The zero-order valence-corrected chi connectivity index (χ0v) is 13.4. The molecule has 1 atom stereocenters. The van der Waals surface area contributed by atoms with Gasteiger partial charge >= 0.3 is 0 Å². The van der Waals surface area contributed by atoms with Crippen molar-refractivity contribution in [2.45, 2.75) is 71.3 Å². The summed E-state index contributed by atoms with van der Waals surface area (Å²) in [5.41, 5.74) is 0.479. The van der Waals surface area contributed by atoms with E-state index in [-0.39, 0.29) is 6.04 Å². The molecule has 1 aromatic rings. The third-order valence-electron chi connectivity index (χ3n) is 3.90. The predicted molar refractivity (Wildman–Crippen MR) is 85.5 cm³/mol. The molecule has 0 amide bonds. The lowest BCUT2D eigenvalue weighted by Gasteiger charge is -2.18. The highest BCUT2D eigenvalue weighted by molar-refractivity contribution is 5.20. The largest absolute Gasteiger partial charge is 0.314 e. The van der Waals surface area contributed by atoms with Crippen LogP contribution in [0.2, 0.25) is 0 Å². The molecule has 0 aliphatic carbocycles. The molecule has 1 rings (SSSR count). The van der Waals surface area contributed by atoms with Crippen LogP contribution in [0.5, 0.6) is 0 Å². The molecule has 0 spiro atoms. The second-order valence-electron chi connectivity index (χ2n) is 5.73. The van der Waals surface area contributed by atoms with Crippen molar-refractivity contribution in [2.75, 3.05) is 6.54 Å². The van der Waals surface area contributed by atoms with E-state index < -0.39 is 11.6 Å². The van der Waals surface area contributed by atoms with Crippen molar-refractivity contribution in [1.29, 1.82) is 0 Å². The van der Waals surface area contributed by atoms with Gasteiger partial charge in [-0.15, -0.1) is 0 Å². The number of benzene rings is 1. The normalized spacial score (nSPS) is 12.6. The zero-order valence-electron chi connectivity index (χ0n) is 13.4. The molecule has 0 radical (unpaired) electrons. The van der Waals surface area contributed by atoms with Crippen LogP contribution in [0.1, 0.15) is 64.4 Å². The van der Waals surface area contributed by atoms with Crippen molar-refractivity contribution in [1.82, 2.24) is 5.32 Å². The Balaban J connectivity index is 2.40. The maximum absolute atomic E-state index is 13.7. The summed E-state index contributed by atoms with van der Waals surface area (Å²) >= 11 is 0. The second kappa shape index (κ2) is 10.7. The first-order valence-electron chi connectivity index (χ1n) is 8.35. The van der Waals surface area contributed by atoms with Gasteiger partial charge in [-0.25, -0.2) is 8.78 Å². The third-order valence-corrected chi connectivity index (χ3v) is 3.90. The summed E-state index contributed by atoms with van der Waals surface area (Å²) < 4.78 is 27.0. The Labute approximate surface area is 128 Å². The minimum atomic E-state index is -0.748. The van der Waals surface area contributed by atoms with Crippen LogP contribution in [0, 0.1) is 11.6 Å². The number of hydrogen-bond donors (Lipinski definition) is 1. The van der Waals surface area contributed by atoms with Crippen molar-refractivity contribution in [2.24, 2.45) is 0 Å². The summed E-state index contributed by atoms with van der Waals surface area (Å²) in [7, 11) is 0. The van der Waals surface area contributed by atoms with Crippen LogP contribution in [0.3, 0.4) is 0 Å². The minimum Gasteiger partial charge on any atom is -0.314 e. The van der Waals surface area contributed by atoms with Crippen LogP contribution in [0.15, 0.2) is 18.2 Å². The van der Waals surface area contributed by atoms with Gasteiger partial charge in [-0.05, 0) is 31.0 Å². The van der Waals surface area contributed by atoms with Gasteiger partial charge in [0, 0.05) is 6.04 Å². The molecule has 0 fully saturated rings. The molecule has 1 unspecified atom stereocenters. The minimum absolute atomic E-state index is 0.234. The Bertz CT molecular complexity index is 393. The number of rotatable bonds is 11. The van der Waals surface area contributed by atoms with Crippen molar-refractivity contribution in [3.05, 3.63) is 35.4 Å². The summed E-state index contributed by atoms with van der Waals surface area (Å²) in [5, 5.41) is 3.39. The summed E-state index contributed by atoms with van der Waals surface area (Å²) in [5.74, 6) is -1.44. The quantitative estimate of drug-likeness (QED) is 0.551. The Kier molecular flexibility index (Phi) is 9.24. The van der Waals surface area contributed by atoms with E-state index in [1.54, 1.807) is 12.1 Å². The molecule has 3 heteroatoms. The maximum atomic E-state index is 13.7. The van der Waals surface area contributed by atoms with Crippen LogP contribution in [0.25, 0.3) is 0 Å². The van der Waals surface area contributed by atoms with E-state index in [1.807, 2.05) is 0 Å². The van der Waals surface area contributed by atoms with Crippen molar-refractivity contribution >= 4 is 0 Å². The lowest BCUT2D eigenvalue weighted by atomic mass is 9.99. The van der Waals surface area contributed by atoms with Gasteiger partial charge in [-0.3, -0.25) is 0 Å². The first-order valence-corrected chi connectivity index (χ1v) is 8.35. The van der Waals surface area contributed by atoms with Gasteiger partial charge in [-0.1, -0.05) is 64.5 Å². The number of likely N-dealkylation sites (N-methyl/N-ethyl adjacent to an activating group) is 1. The smallest absolute Gasteiger partial charge is 0.162 e. The number of halogens is 2.